The van der Waals surface area contributed by atoms with Crippen LogP contribution in [-0.4, -0.2) is 34.7 Å². The zero-order valence-corrected chi connectivity index (χ0v) is 24.8. The smallest absolute Gasteiger partial charge is 0.312 e. The molecule has 222 valence electrons. The molecule has 42 heavy (non-hydrogen) atoms. The third-order valence-electron chi connectivity index (χ3n) is 7.28. The number of rotatable bonds is 3. The molecule has 12 heteroatoms. The molecular formula is C30H35F3N8O. The monoisotopic (exact) mass is 580 g/mol. The number of nitrogens with one attached hydrogen (secondary N) is 1. The van der Waals surface area contributed by atoms with Gasteiger partial charge in [0.05, 0.1) is 12.4 Å². The summed E-state index contributed by atoms with van der Waals surface area (Å²) in [5.41, 5.74) is 1.54. The van der Waals surface area contributed by atoms with Crippen molar-refractivity contribution in [3.8, 4) is 6.07 Å². The van der Waals surface area contributed by atoms with Gasteiger partial charge < -0.3 is 4.98 Å². The Morgan fingerprint density at radius 1 is 1.00 bits per heavy atom. The van der Waals surface area contributed by atoms with E-state index in [1.807, 2.05) is 6.07 Å². The molecular weight excluding hydrogens is 545 g/mol. The number of nitriles is 1. The predicted molar refractivity (Wildman–Crippen MR) is 152 cm³/mol. The van der Waals surface area contributed by atoms with E-state index in [0.29, 0.717) is 11.5 Å². The first-order valence-electron chi connectivity index (χ1n) is 13.8. The van der Waals surface area contributed by atoms with E-state index >= 15 is 0 Å². The van der Waals surface area contributed by atoms with Crippen LogP contribution in [0.4, 0.5) is 13.2 Å². The number of hydrogen-bond donors (Lipinski definition) is 1. The standard InChI is InChI=1S/C16H26N2.C14H9F3N6O/c1-15(2,3)12-10-13(16(4,5)6)18-14(17-12)11-8-7-9-11;1-7(8-2-3-10(19-5-8)14(15,16)17)23-12-11(9(4-18)22-23)13(24)21-6-20-12/h10-11H,7-9H2,1-6H3;2-3,5-7H,1H3,(H,20,21,24)/t;7-/m.0/s1. The summed E-state index contributed by atoms with van der Waals surface area (Å²) in [4.78, 5) is 31.3. The van der Waals surface area contributed by atoms with Gasteiger partial charge in [0.1, 0.15) is 23.0 Å². The van der Waals surface area contributed by atoms with Gasteiger partial charge >= 0.3 is 6.18 Å². The van der Waals surface area contributed by atoms with Crippen molar-refractivity contribution in [2.24, 2.45) is 0 Å². The summed E-state index contributed by atoms with van der Waals surface area (Å²) in [7, 11) is 0. The van der Waals surface area contributed by atoms with Crippen LogP contribution in [0, 0.1) is 11.3 Å². The lowest BCUT2D eigenvalue weighted by molar-refractivity contribution is -0.141. The molecule has 1 aliphatic carbocycles. The molecule has 1 fully saturated rings. The molecule has 4 aromatic heterocycles. The van der Waals surface area contributed by atoms with E-state index in [-0.39, 0.29) is 27.6 Å². The molecule has 0 amide bonds. The van der Waals surface area contributed by atoms with Gasteiger partial charge in [0, 0.05) is 34.3 Å². The Hall–Kier alpha value is -4.14. The van der Waals surface area contributed by atoms with Gasteiger partial charge in [-0.15, -0.1) is 0 Å². The SMILES string of the molecule is CC(C)(C)c1cc(C(C)(C)C)nc(C2CCC2)n1.C[C@@H](c1ccc(C(F)(F)F)nc1)n1nc(C#N)c2c(=O)[nH]cnc21. The second-order valence-electron chi connectivity index (χ2n) is 12.6. The Bertz CT molecular complexity index is 1630. The van der Waals surface area contributed by atoms with Crippen LogP contribution in [0.5, 0.6) is 0 Å². The zero-order valence-electron chi connectivity index (χ0n) is 24.8. The minimum Gasteiger partial charge on any atom is -0.312 e. The molecule has 0 saturated heterocycles. The first-order valence-corrected chi connectivity index (χ1v) is 13.8. The van der Waals surface area contributed by atoms with E-state index in [1.165, 1.54) is 47.7 Å². The number of pyridine rings is 1. The van der Waals surface area contributed by atoms with E-state index in [1.54, 1.807) is 6.92 Å². The highest BCUT2D eigenvalue weighted by atomic mass is 19.4. The van der Waals surface area contributed by atoms with Gasteiger partial charge in [0.15, 0.2) is 11.3 Å². The van der Waals surface area contributed by atoms with Crippen molar-refractivity contribution in [1.29, 1.82) is 5.26 Å². The van der Waals surface area contributed by atoms with Gasteiger partial charge in [-0.1, -0.05) is 54.0 Å². The highest BCUT2D eigenvalue weighted by molar-refractivity contribution is 5.79. The minimum absolute atomic E-state index is 0.0340. The molecule has 0 aliphatic heterocycles. The van der Waals surface area contributed by atoms with Gasteiger partial charge in [0.25, 0.3) is 5.56 Å². The van der Waals surface area contributed by atoms with Gasteiger partial charge in [-0.2, -0.15) is 23.5 Å². The van der Waals surface area contributed by atoms with E-state index in [9.17, 15) is 18.0 Å². The maximum absolute atomic E-state index is 12.6. The van der Waals surface area contributed by atoms with Crippen LogP contribution in [0.1, 0.15) is 114 Å². The van der Waals surface area contributed by atoms with Crippen LogP contribution in [0.15, 0.2) is 35.5 Å². The predicted octanol–water partition coefficient (Wildman–Crippen LogP) is 6.35. The van der Waals surface area contributed by atoms with Crippen LogP contribution < -0.4 is 5.56 Å². The highest BCUT2D eigenvalue weighted by Gasteiger charge is 2.32. The Kier molecular flexibility index (Phi) is 8.27. The Morgan fingerprint density at radius 3 is 2.07 bits per heavy atom. The number of halogens is 3. The topological polar surface area (TPSA) is 126 Å². The van der Waals surface area contributed by atoms with Gasteiger partial charge in [-0.05, 0) is 37.5 Å². The number of H-pyrrole nitrogens is 1. The number of aromatic nitrogens is 7. The fourth-order valence-corrected chi connectivity index (χ4v) is 4.38. The maximum Gasteiger partial charge on any atom is 0.433 e. The number of alkyl halides is 3. The van der Waals surface area contributed by atoms with Crippen molar-refractivity contribution in [1.82, 2.24) is 34.7 Å². The molecule has 0 aromatic carbocycles. The molecule has 4 aromatic rings. The molecule has 1 aliphatic rings. The second kappa shape index (κ2) is 11.3. The summed E-state index contributed by atoms with van der Waals surface area (Å²) >= 11 is 0. The van der Waals surface area contributed by atoms with Crippen LogP contribution in [0.3, 0.4) is 0 Å². The first kappa shape index (κ1) is 30.8. The fourth-order valence-electron chi connectivity index (χ4n) is 4.38. The Balaban J connectivity index is 0.000000201. The van der Waals surface area contributed by atoms with Crippen molar-refractivity contribution in [3.63, 3.8) is 0 Å². The lowest BCUT2D eigenvalue weighted by Crippen LogP contribution is -2.24. The normalized spacial score (nSPS) is 15.0. The number of fused-ring (bicyclic) bond motifs is 1. The van der Waals surface area contributed by atoms with Gasteiger partial charge in [-0.25, -0.2) is 19.6 Å². The van der Waals surface area contributed by atoms with Crippen molar-refractivity contribution < 1.29 is 13.2 Å². The number of nitrogens with zero attached hydrogens (tertiary/aromatic N) is 7. The number of hydrogen-bond acceptors (Lipinski definition) is 7. The lowest BCUT2D eigenvalue weighted by Gasteiger charge is -2.29. The van der Waals surface area contributed by atoms with Gasteiger partial charge in [0.2, 0.25) is 0 Å². The van der Waals surface area contributed by atoms with E-state index in [4.69, 9.17) is 15.2 Å². The number of aromatic amines is 1. The molecule has 1 N–H and O–H groups in total. The fraction of sp³-hybridized carbons (Fsp3) is 0.500. The summed E-state index contributed by atoms with van der Waals surface area (Å²) in [5.74, 6) is 1.69. The zero-order chi connectivity index (χ0) is 31.0. The average molecular weight is 581 g/mol. The van der Waals surface area contributed by atoms with Crippen molar-refractivity contribution in [3.05, 3.63) is 75.2 Å². The summed E-state index contributed by atoms with van der Waals surface area (Å²) in [6, 6.07) is 5.57. The van der Waals surface area contributed by atoms with E-state index in [0.717, 1.165) is 18.1 Å². The summed E-state index contributed by atoms with van der Waals surface area (Å²) in [6.45, 7) is 15.0. The molecule has 9 nitrogen and oxygen atoms in total. The minimum atomic E-state index is -4.52. The maximum atomic E-state index is 12.6. The molecule has 0 radical (unpaired) electrons. The van der Waals surface area contributed by atoms with Crippen LogP contribution in [0.25, 0.3) is 11.0 Å². The molecule has 5 rings (SSSR count). The highest BCUT2D eigenvalue weighted by Crippen LogP contribution is 2.36. The largest absolute Gasteiger partial charge is 0.433 e. The molecule has 1 saturated carbocycles. The Morgan fingerprint density at radius 2 is 1.62 bits per heavy atom. The van der Waals surface area contributed by atoms with Crippen molar-refractivity contribution >= 4 is 11.0 Å². The van der Waals surface area contributed by atoms with Gasteiger partial charge in [-0.3, -0.25) is 9.78 Å². The first-order chi connectivity index (χ1) is 19.5. The summed E-state index contributed by atoms with van der Waals surface area (Å²) in [5, 5.41) is 13.2. The second-order valence-corrected chi connectivity index (χ2v) is 12.6. The third kappa shape index (κ3) is 6.50. The van der Waals surface area contributed by atoms with Crippen LogP contribution in [0.2, 0.25) is 0 Å². The van der Waals surface area contributed by atoms with Crippen LogP contribution >= 0.6 is 0 Å². The summed E-state index contributed by atoms with van der Waals surface area (Å²) in [6.07, 6.45) is 1.58. The molecule has 1 atom stereocenters. The van der Waals surface area contributed by atoms with E-state index in [2.05, 4.69) is 67.7 Å². The Labute approximate surface area is 242 Å². The average Bonchev–Trinajstić information content (AvgIpc) is 3.26. The molecule has 0 spiro atoms. The molecule has 0 bridgehead atoms. The lowest BCUT2D eigenvalue weighted by atomic mass is 9.82. The third-order valence-corrected chi connectivity index (χ3v) is 7.28. The quantitative estimate of drug-likeness (QED) is 0.299. The van der Waals surface area contributed by atoms with Crippen molar-refractivity contribution in [2.75, 3.05) is 0 Å². The molecule has 4 heterocycles. The summed E-state index contributed by atoms with van der Waals surface area (Å²) < 4.78 is 39.1. The van der Waals surface area contributed by atoms with Crippen molar-refractivity contribution in [2.45, 2.75) is 96.7 Å². The molecule has 0 unspecified atom stereocenters. The van der Waals surface area contributed by atoms with Crippen LogP contribution in [-0.2, 0) is 17.0 Å². The van der Waals surface area contributed by atoms with E-state index < -0.39 is 23.5 Å².